The number of hydrogen-bond acceptors (Lipinski definition) is 5. The lowest BCUT2D eigenvalue weighted by atomic mass is 10.1. The zero-order valence-electron chi connectivity index (χ0n) is 15.3. The van der Waals surface area contributed by atoms with E-state index in [1.54, 1.807) is 0 Å². The first kappa shape index (κ1) is 19.4. The Labute approximate surface area is 153 Å². The van der Waals surface area contributed by atoms with Crippen molar-refractivity contribution in [3.8, 4) is 0 Å². The summed E-state index contributed by atoms with van der Waals surface area (Å²) >= 11 is 0. The molecule has 0 aliphatic carbocycles. The molecule has 2 aromatic rings. The number of hydrogen-bond donors (Lipinski definition) is 3. The Morgan fingerprint density at radius 1 is 1.15 bits per heavy atom. The van der Waals surface area contributed by atoms with Crippen LogP contribution in [0.15, 0.2) is 36.5 Å². The number of carbonyl (C=O) groups is 2. The Balaban J connectivity index is 2.11. The average molecular weight is 355 g/mol. The van der Waals surface area contributed by atoms with E-state index in [4.69, 9.17) is 5.73 Å². The quantitative estimate of drug-likeness (QED) is 0.671. The van der Waals surface area contributed by atoms with E-state index >= 15 is 0 Å². The summed E-state index contributed by atoms with van der Waals surface area (Å²) in [4.78, 5) is 31.9. The molecule has 2 amide bonds. The number of amides is 2. The molecule has 7 heteroatoms. The first-order valence-corrected chi connectivity index (χ1v) is 8.63. The molecule has 4 N–H and O–H groups in total. The second-order valence-corrected chi connectivity index (χ2v) is 6.39. The van der Waals surface area contributed by atoms with Gasteiger partial charge in [0.2, 0.25) is 11.9 Å². The van der Waals surface area contributed by atoms with Gasteiger partial charge in [0.25, 0.3) is 5.91 Å². The van der Waals surface area contributed by atoms with E-state index in [-0.39, 0.29) is 23.4 Å². The van der Waals surface area contributed by atoms with Crippen molar-refractivity contribution < 1.29 is 9.59 Å². The van der Waals surface area contributed by atoms with Gasteiger partial charge in [0.15, 0.2) is 0 Å². The van der Waals surface area contributed by atoms with Gasteiger partial charge in [0.1, 0.15) is 0 Å². The first-order chi connectivity index (χ1) is 12.4. The van der Waals surface area contributed by atoms with Crippen molar-refractivity contribution in [2.45, 2.75) is 33.2 Å². The highest BCUT2D eigenvalue weighted by molar-refractivity contribution is 5.93. The molecule has 0 spiro atoms. The smallest absolute Gasteiger partial charge is 0.252 e. The van der Waals surface area contributed by atoms with Gasteiger partial charge in [-0.2, -0.15) is 0 Å². The molecule has 0 bridgehead atoms. The molecular weight excluding hydrogens is 330 g/mol. The molecule has 0 radical (unpaired) electrons. The maximum Gasteiger partial charge on any atom is 0.252 e. The van der Waals surface area contributed by atoms with Gasteiger partial charge in [0, 0.05) is 25.1 Å². The lowest BCUT2D eigenvalue weighted by Crippen LogP contribution is -2.30. The number of nitrogens with zero attached hydrogens (tertiary/aromatic N) is 2. The summed E-state index contributed by atoms with van der Waals surface area (Å²) in [5, 5.41) is 6.03. The molecule has 1 heterocycles. The predicted octanol–water partition coefficient (Wildman–Crippen LogP) is 2.06. The number of aromatic nitrogens is 2. The minimum absolute atomic E-state index is 0.00382. The molecule has 0 unspecified atom stereocenters. The van der Waals surface area contributed by atoms with Gasteiger partial charge < -0.3 is 16.4 Å². The van der Waals surface area contributed by atoms with Crippen LogP contribution in [0.4, 0.5) is 5.95 Å². The van der Waals surface area contributed by atoms with Crippen molar-refractivity contribution in [3.05, 3.63) is 53.3 Å². The monoisotopic (exact) mass is 355 g/mol. The molecule has 7 nitrogen and oxygen atoms in total. The number of carbonyl (C=O) groups excluding carboxylic acids is 2. The van der Waals surface area contributed by atoms with E-state index in [0.29, 0.717) is 24.6 Å². The third-order valence-electron chi connectivity index (χ3n) is 3.96. The minimum atomic E-state index is -0.585. The highest BCUT2D eigenvalue weighted by Gasteiger charge is 2.14. The maximum atomic E-state index is 11.7. The largest absolute Gasteiger partial charge is 0.365 e. The summed E-state index contributed by atoms with van der Waals surface area (Å²) in [6.07, 6.45) is 1.82. The molecular formula is C19H25N5O2. The normalized spacial score (nSPS) is 11.8. The van der Waals surface area contributed by atoms with Crippen molar-refractivity contribution in [2.24, 2.45) is 11.7 Å². The van der Waals surface area contributed by atoms with Crippen molar-refractivity contribution in [2.75, 3.05) is 11.9 Å². The van der Waals surface area contributed by atoms with E-state index in [9.17, 15) is 9.59 Å². The molecule has 0 aliphatic heterocycles. The summed E-state index contributed by atoms with van der Waals surface area (Å²) in [6.45, 7) is 6.02. The van der Waals surface area contributed by atoms with Crippen LogP contribution >= 0.6 is 0 Å². The van der Waals surface area contributed by atoms with Gasteiger partial charge >= 0.3 is 0 Å². The minimum Gasteiger partial charge on any atom is -0.365 e. The van der Waals surface area contributed by atoms with Crippen molar-refractivity contribution in [1.29, 1.82) is 0 Å². The first-order valence-electron chi connectivity index (χ1n) is 8.63. The Morgan fingerprint density at radius 3 is 2.46 bits per heavy atom. The summed E-state index contributed by atoms with van der Waals surface area (Å²) in [5.41, 5.74) is 7.29. The zero-order chi connectivity index (χ0) is 19.1. The van der Waals surface area contributed by atoms with Crippen LogP contribution in [-0.2, 0) is 11.2 Å². The van der Waals surface area contributed by atoms with Crippen LogP contribution < -0.4 is 16.4 Å². The lowest BCUT2D eigenvalue weighted by Gasteiger charge is -2.15. The molecule has 1 aromatic carbocycles. The average Bonchev–Trinajstić information content (AvgIpc) is 2.62. The number of rotatable bonds is 8. The standard InChI is InChI=1S/C19H25N5O2/c1-12(2)18(26)21-10-9-16-15(17(20)25)11-22-19(24-16)23-13(3)14-7-5-4-6-8-14/h4-8,11-13H,9-10H2,1-3H3,(H2,20,25)(H,21,26)(H,22,23,24)/t13-/m0/s1. The van der Waals surface area contributed by atoms with E-state index in [1.165, 1.54) is 6.20 Å². The molecule has 1 aromatic heterocycles. The molecule has 138 valence electrons. The Bertz CT molecular complexity index is 762. The molecule has 0 saturated heterocycles. The van der Waals surface area contributed by atoms with Crippen LogP contribution in [0.5, 0.6) is 0 Å². The summed E-state index contributed by atoms with van der Waals surface area (Å²) < 4.78 is 0. The second-order valence-electron chi connectivity index (χ2n) is 6.39. The van der Waals surface area contributed by atoms with Crippen molar-refractivity contribution in [3.63, 3.8) is 0 Å². The van der Waals surface area contributed by atoms with E-state index in [0.717, 1.165) is 5.56 Å². The molecule has 0 saturated carbocycles. The summed E-state index contributed by atoms with van der Waals surface area (Å²) in [7, 11) is 0. The molecule has 2 rings (SSSR count). The van der Waals surface area contributed by atoms with Crippen molar-refractivity contribution >= 4 is 17.8 Å². The van der Waals surface area contributed by atoms with Crippen LogP contribution in [0.2, 0.25) is 0 Å². The Morgan fingerprint density at radius 2 is 1.85 bits per heavy atom. The predicted molar refractivity (Wildman–Crippen MR) is 101 cm³/mol. The number of nitrogens with two attached hydrogens (primary N) is 1. The van der Waals surface area contributed by atoms with E-state index in [2.05, 4.69) is 20.6 Å². The van der Waals surface area contributed by atoms with Crippen LogP contribution in [0.1, 0.15) is 48.4 Å². The number of anilines is 1. The molecule has 0 fully saturated rings. The Kier molecular flexibility index (Phi) is 6.66. The fourth-order valence-corrected chi connectivity index (χ4v) is 2.41. The molecule has 1 atom stereocenters. The van der Waals surface area contributed by atoms with Crippen LogP contribution in [0.25, 0.3) is 0 Å². The number of benzene rings is 1. The summed E-state index contributed by atoms with van der Waals surface area (Å²) in [6, 6.07) is 9.91. The molecule has 0 aliphatic rings. The third kappa shape index (κ3) is 5.27. The second kappa shape index (κ2) is 8.94. The van der Waals surface area contributed by atoms with Gasteiger partial charge in [-0.05, 0) is 12.5 Å². The fourth-order valence-electron chi connectivity index (χ4n) is 2.41. The molecule has 26 heavy (non-hydrogen) atoms. The third-order valence-corrected chi connectivity index (χ3v) is 3.96. The van der Waals surface area contributed by atoms with Crippen LogP contribution in [0.3, 0.4) is 0 Å². The van der Waals surface area contributed by atoms with E-state index < -0.39 is 5.91 Å². The topological polar surface area (TPSA) is 110 Å². The highest BCUT2D eigenvalue weighted by atomic mass is 16.2. The van der Waals surface area contributed by atoms with Gasteiger partial charge in [-0.25, -0.2) is 9.97 Å². The van der Waals surface area contributed by atoms with Crippen LogP contribution in [-0.4, -0.2) is 28.3 Å². The van der Waals surface area contributed by atoms with Crippen LogP contribution in [0, 0.1) is 5.92 Å². The fraction of sp³-hybridized carbons (Fsp3) is 0.368. The van der Waals surface area contributed by atoms with Gasteiger partial charge in [-0.3, -0.25) is 9.59 Å². The highest BCUT2D eigenvalue weighted by Crippen LogP contribution is 2.17. The van der Waals surface area contributed by atoms with Crippen molar-refractivity contribution in [1.82, 2.24) is 15.3 Å². The SMILES string of the molecule is CC(C)C(=O)NCCc1nc(N[C@@H](C)c2ccccc2)ncc1C(N)=O. The van der Waals surface area contributed by atoms with Gasteiger partial charge in [0.05, 0.1) is 17.3 Å². The maximum absolute atomic E-state index is 11.7. The van der Waals surface area contributed by atoms with Gasteiger partial charge in [-0.15, -0.1) is 0 Å². The number of primary amides is 1. The zero-order valence-corrected chi connectivity index (χ0v) is 15.3. The Hall–Kier alpha value is -2.96. The summed E-state index contributed by atoms with van der Waals surface area (Å²) in [5.74, 6) is -0.315. The lowest BCUT2D eigenvalue weighted by molar-refractivity contribution is -0.123. The van der Waals surface area contributed by atoms with E-state index in [1.807, 2.05) is 51.1 Å². The van der Waals surface area contributed by atoms with Gasteiger partial charge in [-0.1, -0.05) is 44.2 Å². The number of nitrogens with one attached hydrogen (secondary N) is 2.